The lowest BCUT2D eigenvalue weighted by Gasteiger charge is -2.36. The molecule has 4 rings (SSSR count). The molecule has 2 aromatic heterocycles. The number of anilines is 1. The van der Waals surface area contributed by atoms with E-state index >= 15 is 0 Å². The Labute approximate surface area is 194 Å². The molecule has 0 radical (unpaired) electrons. The van der Waals surface area contributed by atoms with Gasteiger partial charge in [0.2, 0.25) is 0 Å². The van der Waals surface area contributed by atoms with Gasteiger partial charge >= 0.3 is 5.97 Å². The fourth-order valence-electron chi connectivity index (χ4n) is 4.33. The quantitative estimate of drug-likeness (QED) is 0.524. The summed E-state index contributed by atoms with van der Waals surface area (Å²) in [5.41, 5.74) is 0.630. The van der Waals surface area contributed by atoms with Gasteiger partial charge in [-0.15, -0.1) is 0 Å². The van der Waals surface area contributed by atoms with Crippen molar-refractivity contribution in [3.05, 3.63) is 45.2 Å². The van der Waals surface area contributed by atoms with Crippen LogP contribution >= 0.6 is 24.0 Å². The van der Waals surface area contributed by atoms with Crippen LogP contribution in [0.15, 0.2) is 34.1 Å². The number of nitrogens with zero attached hydrogens (tertiary/aromatic N) is 4. The SMILES string of the molecule is CC1CC(C)CN(c2nc3ccccn3c(=O)c2/C=C2/SC(=S)N(CCC(=O)O)C2=O)C1. The van der Waals surface area contributed by atoms with Gasteiger partial charge in [0.05, 0.1) is 16.9 Å². The number of hydrogen-bond acceptors (Lipinski definition) is 7. The molecule has 0 spiro atoms. The number of rotatable bonds is 5. The van der Waals surface area contributed by atoms with E-state index in [0.717, 1.165) is 31.3 Å². The molecule has 2 fully saturated rings. The van der Waals surface area contributed by atoms with Crippen LogP contribution in [0.4, 0.5) is 5.82 Å². The van der Waals surface area contributed by atoms with Gasteiger partial charge in [-0.25, -0.2) is 4.98 Å². The highest BCUT2D eigenvalue weighted by atomic mass is 32.2. The molecule has 2 atom stereocenters. The van der Waals surface area contributed by atoms with E-state index in [4.69, 9.17) is 22.3 Å². The number of carboxylic acids is 1. The lowest BCUT2D eigenvalue weighted by atomic mass is 9.91. The number of pyridine rings is 1. The molecule has 0 aromatic carbocycles. The minimum atomic E-state index is -1.00. The average molecular weight is 473 g/mol. The third kappa shape index (κ3) is 4.42. The van der Waals surface area contributed by atoms with Crippen LogP contribution < -0.4 is 10.5 Å². The van der Waals surface area contributed by atoms with Crippen molar-refractivity contribution in [3.8, 4) is 0 Å². The van der Waals surface area contributed by atoms with Crippen LogP contribution in [0.25, 0.3) is 11.7 Å². The zero-order chi connectivity index (χ0) is 23.0. The van der Waals surface area contributed by atoms with E-state index in [-0.39, 0.29) is 28.8 Å². The Hall–Kier alpha value is -2.72. The van der Waals surface area contributed by atoms with Crippen LogP contribution in [0.1, 0.15) is 32.3 Å². The molecular formula is C22H24N4O4S2. The van der Waals surface area contributed by atoms with Crippen molar-refractivity contribution in [1.82, 2.24) is 14.3 Å². The van der Waals surface area contributed by atoms with Crippen molar-refractivity contribution >= 4 is 57.7 Å². The fourth-order valence-corrected chi connectivity index (χ4v) is 5.62. The van der Waals surface area contributed by atoms with Crippen LogP contribution in [0, 0.1) is 11.8 Å². The third-order valence-corrected chi connectivity index (χ3v) is 6.99. The molecule has 0 bridgehead atoms. The second-order valence-electron chi connectivity index (χ2n) is 8.41. The van der Waals surface area contributed by atoms with Crippen LogP contribution in [0.5, 0.6) is 0 Å². The van der Waals surface area contributed by atoms with Crippen molar-refractivity contribution in [2.24, 2.45) is 11.8 Å². The number of fused-ring (bicyclic) bond motifs is 1. The Morgan fingerprint density at radius 1 is 1.28 bits per heavy atom. The summed E-state index contributed by atoms with van der Waals surface area (Å²) < 4.78 is 1.76. The summed E-state index contributed by atoms with van der Waals surface area (Å²) in [5, 5.41) is 8.95. The number of thioether (sulfide) groups is 1. The van der Waals surface area contributed by atoms with Crippen molar-refractivity contribution in [1.29, 1.82) is 0 Å². The zero-order valence-electron chi connectivity index (χ0n) is 17.9. The Bertz CT molecular complexity index is 1180. The lowest BCUT2D eigenvalue weighted by Crippen LogP contribution is -2.40. The number of amides is 1. The number of piperidine rings is 1. The number of carbonyl (C=O) groups is 2. The molecule has 32 heavy (non-hydrogen) atoms. The predicted molar refractivity (Wildman–Crippen MR) is 129 cm³/mol. The molecule has 2 saturated heterocycles. The van der Waals surface area contributed by atoms with Gasteiger partial charge < -0.3 is 10.0 Å². The normalized spacial score (nSPS) is 22.9. The second kappa shape index (κ2) is 9.03. The van der Waals surface area contributed by atoms with Crippen LogP contribution in [-0.2, 0) is 9.59 Å². The summed E-state index contributed by atoms with van der Waals surface area (Å²) in [6.45, 7) is 5.92. The van der Waals surface area contributed by atoms with Crippen LogP contribution in [-0.4, -0.2) is 55.2 Å². The molecule has 8 nitrogen and oxygen atoms in total. The fraction of sp³-hybridized carbons (Fsp3) is 0.409. The second-order valence-corrected chi connectivity index (χ2v) is 10.1. The van der Waals surface area contributed by atoms with E-state index < -0.39 is 5.97 Å². The summed E-state index contributed by atoms with van der Waals surface area (Å²) in [6, 6.07) is 5.38. The van der Waals surface area contributed by atoms with Gasteiger partial charge in [0.1, 0.15) is 15.8 Å². The highest BCUT2D eigenvalue weighted by molar-refractivity contribution is 8.26. The van der Waals surface area contributed by atoms with Crippen molar-refractivity contribution < 1.29 is 14.7 Å². The van der Waals surface area contributed by atoms with Gasteiger partial charge in [0.25, 0.3) is 11.5 Å². The molecule has 10 heteroatoms. The molecular weight excluding hydrogens is 448 g/mol. The number of carbonyl (C=O) groups excluding carboxylic acids is 1. The van der Waals surface area contributed by atoms with Gasteiger partial charge in [0, 0.05) is 25.8 Å². The molecule has 2 aliphatic rings. The Morgan fingerprint density at radius 2 is 2.00 bits per heavy atom. The Balaban J connectivity index is 1.80. The summed E-state index contributed by atoms with van der Waals surface area (Å²) >= 11 is 6.37. The number of carboxylic acid groups (broad SMARTS) is 1. The number of aromatic nitrogens is 2. The van der Waals surface area contributed by atoms with Crippen LogP contribution in [0.2, 0.25) is 0 Å². The monoisotopic (exact) mass is 472 g/mol. The minimum Gasteiger partial charge on any atom is -0.481 e. The molecule has 0 aliphatic carbocycles. The van der Waals surface area contributed by atoms with Crippen LogP contribution in [0.3, 0.4) is 0 Å². The Morgan fingerprint density at radius 3 is 2.69 bits per heavy atom. The van der Waals surface area contributed by atoms with Crippen molar-refractivity contribution in [3.63, 3.8) is 0 Å². The summed E-state index contributed by atoms with van der Waals surface area (Å²) in [5.74, 6) is 0.0879. The molecule has 4 heterocycles. The highest BCUT2D eigenvalue weighted by Gasteiger charge is 2.33. The van der Waals surface area contributed by atoms with E-state index in [0.29, 0.717) is 33.8 Å². The van der Waals surface area contributed by atoms with Gasteiger partial charge in [-0.3, -0.25) is 23.7 Å². The molecule has 168 valence electrons. The molecule has 2 unspecified atom stereocenters. The summed E-state index contributed by atoms with van der Waals surface area (Å²) in [6.07, 6.45) is 4.13. The smallest absolute Gasteiger partial charge is 0.305 e. The summed E-state index contributed by atoms with van der Waals surface area (Å²) in [4.78, 5) is 45.8. The molecule has 1 amide bonds. The number of aliphatic carboxylic acids is 1. The van der Waals surface area contributed by atoms with E-state index in [1.54, 1.807) is 24.4 Å². The largest absolute Gasteiger partial charge is 0.481 e. The van der Waals surface area contributed by atoms with E-state index in [1.165, 1.54) is 9.30 Å². The molecule has 2 aromatic rings. The minimum absolute atomic E-state index is 0.000302. The van der Waals surface area contributed by atoms with Crippen molar-refractivity contribution in [2.45, 2.75) is 26.7 Å². The first kappa shape index (κ1) is 22.5. The van der Waals surface area contributed by atoms with E-state index in [2.05, 4.69) is 18.7 Å². The van der Waals surface area contributed by atoms with E-state index in [9.17, 15) is 14.4 Å². The lowest BCUT2D eigenvalue weighted by molar-refractivity contribution is -0.137. The van der Waals surface area contributed by atoms with Gasteiger partial charge in [-0.2, -0.15) is 0 Å². The maximum Gasteiger partial charge on any atom is 0.305 e. The third-order valence-electron chi connectivity index (χ3n) is 5.62. The molecule has 1 N–H and O–H groups in total. The average Bonchev–Trinajstić information content (AvgIpc) is 3.00. The highest BCUT2D eigenvalue weighted by Crippen LogP contribution is 2.34. The molecule has 0 saturated carbocycles. The number of thiocarbonyl (C=S) groups is 1. The standard InChI is InChI=1S/C22H24N4O4S2/c1-13-9-14(2)12-24(11-13)19-15(20(29)25-7-4-3-5-17(25)23-19)10-16-21(30)26(22(31)32-16)8-6-18(27)28/h3-5,7,10,13-14H,6,8-9,11-12H2,1-2H3,(H,27,28)/b16-10+. The first-order valence-electron chi connectivity index (χ1n) is 10.5. The maximum absolute atomic E-state index is 13.4. The van der Waals surface area contributed by atoms with Gasteiger partial charge in [-0.1, -0.05) is 43.9 Å². The first-order valence-corrected chi connectivity index (χ1v) is 11.7. The van der Waals surface area contributed by atoms with Gasteiger partial charge in [0.15, 0.2) is 0 Å². The zero-order valence-corrected chi connectivity index (χ0v) is 19.5. The topological polar surface area (TPSA) is 95.2 Å². The van der Waals surface area contributed by atoms with E-state index in [1.807, 2.05) is 6.07 Å². The van der Waals surface area contributed by atoms with Gasteiger partial charge in [-0.05, 0) is 36.5 Å². The maximum atomic E-state index is 13.4. The number of hydrogen-bond donors (Lipinski definition) is 1. The predicted octanol–water partition coefficient (Wildman–Crippen LogP) is 2.85. The summed E-state index contributed by atoms with van der Waals surface area (Å²) in [7, 11) is 0. The van der Waals surface area contributed by atoms with Crippen molar-refractivity contribution in [2.75, 3.05) is 24.5 Å². The molecule has 2 aliphatic heterocycles. The Kier molecular flexibility index (Phi) is 6.34. The first-order chi connectivity index (χ1) is 15.2.